The number of piperidine rings is 1. The Morgan fingerprint density at radius 2 is 1.87 bits per heavy atom. The van der Waals surface area contributed by atoms with Gasteiger partial charge in [-0.15, -0.1) is 0 Å². The first-order valence-corrected chi connectivity index (χ1v) is 10.4. The first kappa shape index (κ1) is 22.9. The number of carbonyl (C=O) groups excluding carboxylic acids is 2. The standard InChI is InChI=1S/C21H27FN4O5/c22-16-1-2-17(15(11-16)12-23)25-5-3-14(4-6-25)13-24-20(29)18(27)19(28)21(30)26-7-9-31-10-8-26/h1-2,11,14,18-19,27-28H,3-10,13H2,(H,24,29). The van der Waals surface area contributed by atoms with Gasteiger partial charge in [-0.2, -0.15) is 5.26 Å². The second kappa shape index (κ2) is 10.5. The van der Waals surface area contributed by atoms with Crippen molar-refractivity contribution in [2.45, 2.75) is 25.0 Å². The lowest BCUT2D eigenvalue weighted by atomic mass is 9.95. The van der Waals surface area contributed by atoms with E-state index in [4.69, 9.17) is 4.74 Å². The number of halogens is 1. The molecule has 2 aliphatic heterocycles. The van der Waals surface area contributed by atoms with Crippen LogP contribution >= 0.6 is 0 Å². The molecule has 2 unspecified atom stereocenters. The third-order valence-corrected chi connectivity index (χ3v) is 5.74. The van der Waals surface area contributed by atoms with Gasteiger partial charge in [0, 0.05) is 32.7 Å². The molecule has 168 valence electrons. The molecule has 0 spiro atoms. The van der Waals surface area contributed by atoms with E-state index < -0.39 is 29.8 Å². The summed E-state index contributed by atoms with van der Waals surface area (Å²) in [7, 11) is 0. The van der Waals surface area contributed by atoms with Crippen LogP contribution in [0, 0.1) is 23.1 Å². The maximum absolute atomic E-state index is 13.3. The molecule has 3 N–H and O–H groups in total. The molecule has 1 aromatic rings. The molecule has 2 heterocycles. The van der Waals surface area contributed by atoms with Gasteiger partial charge in [-0.3, -0.25) is 9.59 Å². The predicted octanol–water partition coefficient (Wildman–Crippen LogP) is -0.389. The number of hydrogen-bond acceptors (Lipinski definition) is 7. The number of aliphatic hydroxyl groups is 2. The van der Waals surface area contributed by atoms with Crippen molar-refractivity contribution in [1.29, 1.82) is 5.26 Å². The number of nitrogens with one attached hydrogen (secondary N) is 1. The van der Waals surface area contributed by atoms with Crippen LogP contribution in [0.3, 0.4) is 0 Å². The van der Waals surface area contributed by atoms with Gasteiger partial charge in [-0.25, -0.2) is 4.39 Å². The third-order valence-electron chi connectivity index (χ3n) is 5.74. The summed E-state index contributed by atoms with van der Waals surface area (Å²) in [5, 5.41) is 32.0. The smallest absolute Gasteiger partial charge is 0.254 e. The normalized spacial score (nSPS) is 19.4. The molecule has 0 aliphatic carbocycles. The van der Waals surface area contributed by atoms with E-state index in [0.717, 1.165) is 12.8 Å². The lowest BCUT2D eigenvalue weighted by molar-refractivity contribution is -0.156. The second-order valence-corrected chi connectivity index (χ2v) is 7.78. The Hall–Kier alpha value is -2.74. The van der Waals surface area contributed by atoms with Crippen molar-refractivity contribution in [1.82, 2.24) is 10.2 Å². The van der Waals surface area contributed by atoms with Crippen molar-refractivity contribution in [2.24, 2.45) is 5.92 Å². The van der Waals surface area contributed by atoms with Gasteiger partial charge in [0.05, 0.1) is 24.5 Å². The molecule has 0 radical (unpaired) electrons. The highest BCUT2D eigenvalue weighted by Crippen LogP contribution is 2.26. The van der Waals surface area contributed by atoms with E-state index in [0.29, 0.717) is 51.6 Å². The topological polar surface area (TPSA) is 126 Å². The van der Waals surface area contributed by atoms with Crippen molar-refractivity contribution in [3.05, 3.63) is 29.6 Å². The van der Waals surface area contributed by atoms with E-state index in [-0.39, 0.29) is 11.5 Å². The number of hydrogen-bond donors (Lipinski definition) is 3. The number of anilines is 1. The Morgan fingerprint density at radius 1 is 1.19 bits per heavy atom. The number of benzene rings is 1. The summed E-state index contributed by atoms with van der Waals surface area (Å²) in [5.41, 5.74) is 0.973. The maximum Gasteiger partial charge on any atom is 0.254 e. The largest absolute Gasteiger partial charge is 0.380 e. The van der Waals surface area contributed by atoms with Crippen LogP contribution in [0.4, 0.5) is 10.1 Å². The van der Waals surface area contributed by atoms with Crippen LogP contribution in [0.5, 0.6) is 0 Å². The monoisotopic (exact) mass is 434 g/mol. The van der Waals surface area contributed by atoms with Gasteiger partial charge in [-0.05, 0) is 37.0 Å². The van der Waals surface area contributed by atoms with Crippen molar-refractivity contribution >= 4 is 17.5 Å². The number of nitrogens with zero attached hydrogens (tertiary/aromatic N) is 3. The lowest BCUT2D eigenvalue weighted by Crippen LogP contribution is -2.53. The fraction of sp³-hybridized carbons (Fsp3) is 0.571. The van der Waals surface area contributed by atoms with Crippen LogP contribution in [0.25, 0.3) is 0 Å². The molecule has 10 heteroatoms. The quantitative estimate of drug-likeness (QED) is 0.557. The van der Waals surface area contributed by atoms with Gasteiger partial charge < -0.3 is 30.1 Å². The van der Waals surface area contributed by atoms with Crippen LogP contribution in [0.2, 0.25) is 0 Å². The summed E-state index contributed by atoms with van der Waals surface area (Å²) in [6.07, 6.45) is -2.20. The Bertz CT molecular complexity index is 832. The predicted molar refractivity (Wildman–Crippen MR) is 108 cm³/mol. The highest BCUT2D eigenvalue weighted by atomic mass is 19.1. The van der Waals surface area contributed by atoms with E-state index in [9.17, 15) is 29.5 Å². The minimum absolute atomic E-state index is 0.144. The highest BCUT2D eigenvalue weighted by molar-refractivity contribution is 5.90. The van der Waals surface area contributed by atoms with E-state index in [1.165, 1.54) is 17.0 Å². The second-order valence-electron chi connectivity index (χ2n) is 7.78. The van der Waals surface area contributed by atoms with Crippen molar-refractivity contribution in [2.75, 3.05) is 50.8 Å². The molecular formula is C21H27FN4O5. The maximum atomic E-state index is 13.3. The summed E-state index contributed by atoms with van der Waals surface area (Å²) >= 11 is 0. The minimum Gasteiger partial charge on any atom is -0.380 e. The molecule has 0 bridgehead atoms. The molecule has 2 aliphatic rings. The Balaban J connectivity index is 1.45. The summed E-state index contributed by atoms with van der Waals surface area (Å²) in [6, 6.07) is 6.15. The highest BCUT2D eigenvalue weighted by Gasteiger charge is 2.34. The number of aliphatic hydroxyl groups excluding tert-OH is 2. The Morgan fingerprint density at radius 3 is 2.52 bits per heavy atom. The fourth-order valence-electron chi connectivity index (χ4n) is 3.85. The number of morpholine rings is 1. The van der Waals surface area contributed by atoms with E-state index in [1.807, 2.05) is 11.0 Å². The lowest BCUT2D eigenvalue weighted by Gasteiger charge is -2.34. The summed E-state index contributed by atoms with van der Waals surface area (Å²) in [6.45, 7) is 2.91. The Kier molecular flexibility index (Phi) is 7.79. The van der Waals surface area contributed by atoms with Crippen LogP contribution in [0.1, 0.15) is 18.4 Å². The molecular weight excluding hydrogens is 407 g/mol. The van der Waals surface area contributed by atoms with Gasteiger partial charge in [0.15, 0.2) is 12.2 Å². The number of rotatable bonds is 6. The Labute approximate surface area is 180 Å². The first-order chi connectivity index (χ1) is 14.9. The molecule has 2 atom stereocenters. The first-order valence-electron chi connectivity index (χ1n) is 10.4. The number of carbonyl (C=O) groups is 2. The van der Waals surface area contributed by atoms with Crippen molar-refractivity contribution in [3.8, 4) is 6.07 Å². The molecule has 0 saturated carbocycles. The molecule has 1 aromatic carbocycles. The minimum atomic E-state index is -1.84. The molecule has 2 fully saturated rings. The number of nitriles is 1. The molecule has 9 nitrogen and oxygen atoms in total. The number of ether oxygens (including phenoxy) is 1. The van der Waals surface area contributed by atoms with Crippen molar-refractivity contribution < 1.29 is 28.9 Å². The van der Waals surface area contributed by atoms with Crippen LogP contribution in [0.15, 0.2) is 18.2 Å². The molecule has 2 amide bonds. The van der Waals surface area contributed by atoms with E-state index in [1.54, 1.807) is 6.07 Å². The third kappa shape index (κ3) is 5.70. The van der Waals surface area contributed by atoms with E-state index >= 15 is 0 Å². The summed E-state index contributed by atoms with van der Waals surface area (Å²) in [5.74, 6) is -1.79. The average Bonchev–Trinajstić information content (AvgIpc) is 2.81. The van der Waals surface area contributed by atoms with Gasteiger partial charge >= 0.3 is 0 Å². The molecule has 3 rings (SSSR count). The van der Waals surface area contributed by atoms with Gasteiger partial charge in [0.2, 0.25) is 0 Å². The SMILES string of the molecule is N#Cc1cc(F)ccc1N1CCC(CNC(=O)C(O)C(O)C(=O)N2CCOCC2)CC1. The zero-order chi connectivity index (χ0) is 22.4. The zero-order valence-corrected chi connectivity index (χ0v) is 17.2. The fourth-order valence-corrected chi connectivity index (χ4v) is 3.85. The summed E-state index contributed by atoms with van der Waals surface area (Å²) < 4.78 is 18.5. The van der Waals surface area contributed by atoms with Crippen LogP contribution in [-0.4, -0.2) is 85.1 Å². The summed E-state index contributed by atoms with van der Waals surface area (Å²) in [4.78, 5) is 27.8. The zero-order valence-electron chi connectivity index (χ0n) is 17.2. The molecule has 2 saturated heterocycles. The van der Waals surface area contributed by atoms with Gasteiger partial charge in [-0.1, -0.05) is 0 Å². The number of amides is 2. The van der Waals surface area contributed by atoms with Gasteiger partial charge in [0.1, 0.15) is 11.9 Å². The van der Waals surface area contributed by atoms with E-state index in [2.05, 4.69) is 5.32 Å². The van der Waals surface area contributed by atoms with Crippen molar-refractivity contribution in [3.63, 3.8) is 0 Å². The van der Waals surface area contributed by atoms with Gasteiger partial charge in [0.25, 0.3) is 11.8 Å². The average molecular weight is 434 g/mol. The molecule has 31 heavy (non-hydrogen) atoms. The van der Waals surface area contributed by atoms with Crippen LogP contribution in [-0.2, 0) is 14.3 Å². The molecule has 0 aromatic heterocycles. The van der Waals surface area contributed by atoms with Crippen LogP contribution < -0.4 is 10.2 Å².